The third kappa shape index (κ3) is 3.09. The summed E-state index contributed by atoms with van der Waals surface area (Å²) >= 11 is 0. The van der Waals surface area contributed by atoms with E-state index in [1.54, 1.807) is 16.8 Å². The van der Waals surface area contributed by atoms with Gasteiger partial charge in [0, 0.05) is 24.2 Å². The van der Waals surface area contributed by atoms with Crippen molar-refractivity contribution in [2.24, 2.45) is 5.41 Å². The topological polar surface area (TPSA) is 54.3 Å². The number of nitrogens with zero attached hydrogens (tertiary/aromatic N) is 1. The summed E-state index contributed by atoms with van der Waals surface area (Å²) in [5.41, 5.74) is 0.703. The molecule has 3 rings (SSSR count). The van der Waals surface area contributed by atoms with Gasteiger partial charge in [-0.25, -0.2) is 0 Å². The molecule has 4 nitrogen and oxygen atoms in total. The van der Waals surface area contributed by atoms with Crippen LogP contribution in [0.3, 0.4) is 0 Å². The molecule has 1 aromatic heterocycles. The van der Waals surface area contributed by atoms with Gasteiger partial charge in [0.15, 0.2) is 0 Å². The number of piperidine rings is 1. The van der Waals surface area contributed by atoms with Gasteiger partial charge in [-0.1, -0.05) is 44.2 Å². The van der Waals surface area contributed by atoms with Crippen LogP contribution in [0, 0.1) is 5.41 Å². The standard InChI is InChI=1S/C19H24N2O2/c1-18(2)13-20-10-9-19(18,23)14-21-11-8-16(12-17(21)22)15-6-4-3-5-7-15/h3-8,11-12,20,23H,9-10,13-14H2,1-2H3. The second kappa shape index (κ2) is 5.95. The second-order valence-electron chi connectivity index (χ2n) is 7.09. The van der Waals surface area contributed by atoms with E-state index in [-0.39, 0.29) is 11.0 Å². The molecule has 23 heavy (non-hydrogen) atoms. The normalized spacial score (nSPS) is 23.6. The van der Waals surface area contributed by atoms with Crippen LogP contribution in [0.15, 0.2) is 53.5 Å². The number of benzene rings is 1. The highest BCUT2D eigenvalue weighted by molar-refractivity contribution is 5.62. The van der Waals surface area contributed by atoms with E-state index in [0.717, 1.165) is 24.2 Å². The molecule has 2 aromatic rings. The molecule has 1 saturated heterocycles. The summed E-state index contributed by atoms with van der Waals surface area (Å²) in [5.74, 6) is 0. The van der Waals surface area contributed by atoms with E-state index in [0.29, 0.717) is 13.0 Å². The van der Waals surface area contributed by atoms with Crippen LogP contribution in [0.1, 0.15) is 20.3 Å². The molecule has 0 aliphatic carbocycles. The van der Waals surface area contributed by atoms with Gasteiger partial charge in [0.25, 0.3) is 5.56 Å². The largest absolute Gasteiger partial charge is 0.387 e. The molecule has 0 bridgehead atoms. The summed E-state index contributed by atoms with van der Waals surface area (Å²) in [6.07, 6.45) is 2.44. The molecule has 0 spiro atoms. The van der Waals surface area contributed by atoms with Crippen molar-refractivity contribution in [3.05, 3.63) is 59.0 Å². The van der Waals surface area contributed by atoms with Crippen LogP contribution in [0.5, 0.6) is 0 Å². The zero-order valence-corrected chi connectivity index (χ0v) is 13.7. The molecule has 0 saturated carbocycles. The first-order chi connectivity index (χ1) is 10.9. The molecule has 4 heteroatoms. The predicted molar refractivity (Wildman–Crippen MR) is 92.4 cm³/mol. The van der Waals surface area contributed by atoms with Crippen LogP contribution in [-0.2, 0) is 6.54 Å². The van der Waals surface area contributed by atoms with Gasteiger partial charge in [0.1, 0.15) is 0 Å². The molecule has 0 radical (unpaired) electrons. The summed E-state index contributed by atoms with van der Waals surface area (Å²) < 4.78 is 1.62. The fourth-order valence-electron chi connectivity index (χ4n) is 3.22. The van der Waals surface area contributed by atoms with Crippen LogP contribution in [0.4, 0.5) is 0 Å². The molecule has 1 fully saturated rings. The summed E-state index contributed by atoms with van der Waals surface area (Å²) in [6.45, 7) is 5.94. The third-order valence-corrected chi connectivity index (χ3v) is 5.08. The molecular formula is C19H24N2O2. The van der Waals surface area contributed by atoms with E-state index < -0.39 is 5.60 Å². The lowest BCUT2D eigenvalue weighted by molar-refractivity contribution is -0.0997. The summed E-state index contributed by atoms with van der Waals surface area (Å²) in [7, 11) is 0. The minimum absolute atomic E-state index is 0.0749. The Morgan fingerprint density at radius 1 is 1.17 bits per heavy atom. The quantitative estimate of drug-likeness (QED) is 0.914. The highest BCUT2D eigenvalue weighted by Gasteiger charge is 2.45. The number of hydrogen-bond donors (Lipinski definition) is 2. The highest BCUT2D eigenvalue weighted by Crippen LogP contribution is 2.36. The van der Waals surface area contributed by atoms with Gasteiger partial charge in [0.2, 0.25) is 0 Å². The Kier molecular flexibility index (Phi) is 4.13. The van der Waals surface area contributed by atoms with Gasteiger partial charge < -0.3 is 15.0 Å². The van der Waals surface area contributed by atoms with Gasteiger partial charge >= 0.3 is 0 Å². The lowest BCUT2D eigenvalue weighted by Gasteiger charge is -2.46. The Balaban J connectivity index is 1.89. The van der Waals surface area contributed by atoms with Crippen molar-refractivity contribution < 1.29 is 5.11 Å². The van der Waals surface area contributed by atoms with E-state index in [4.69, 9.17) is 0 Å². The molecule has 122 valence electrons. The lowest BCUT2D eigenvalue weighted by atomic mass is 9.70. The highest BCUT2D eigenvalue weighted by atomic mass is 16.3. The minimum atomic E-state index is -0.879. The first-order valence-corrected chi connectivity index (χ1v) is 8.10. The average Bonchev–Trinajstić information content (AvgIpc) is 2.53. The summed E-state index contributed by atoms with van der Waals surface area (Å²) in [4.78, 5) is 12.5. The van der Waals surface area contributed by atoms with Crippen LogP contribution < -0.4 is 10.9 Å². The number of hydrogen-bond acceptors (Lipinski definition) is 3. The van der Waals surface area contributed by atoms with E-state index in [1.807, 2.05) is 50.2 Å². The SMILES string of the molecule is CC1(C)CNCCC1(O)Cn1ccc(-c2ccccc2)cc1=O. The van der Waals surface area contributed by atoms with Gasteiger partial charge in [-0.05, 0) is 30.2 Å². The van der Waals surface area contributed by atoms with Gasteiger partial charge in [0.05, 0.1) is 12.1 Å². The molecule has 1 unspecified atom stereocenters. The first kappa shape index (κ1) is 16.0. The molecule has 0 amide bonds. The number of aliphatic hydroxyl groups is 1. The number of aromatic nitrogens is 1. The van der Waals surface area contributed by atoms with Crippen molar-refractivity contribution in [1.29, 1.82) is 0 Å². The average molecular weight is 312 g/mol. The second-order valence-corrected chi connectivity index (χ2v) is 7.09. The Morgan fingerprint density at radius 2 is 1.91 bits per heavy atom. The van der Waals surface area contributed by atoms with Crippen LogP contribution in [0.25, 0.3) is 11.1 Å². The van der Waals surface area contributed by atoms with Crippen molar-refractivity contribution in [2.45, 2.75) is 32.4 Å². The molecule has 1 atom stereocenters. The van der Waals surface area contributed by atoms with E-state index >= 15 is 0 Å². The Labute approximate surface area is 136 Å². The molecule has 1 aliphatic rings. The maximum atomic E-state index is 12.5. The van der Waals surface area contributed by atoms with Crippen LogP contribution in [-0.4, -0.2) is 28.4 Å². The molecule has 2 N–H and O–H groups in total. The van der Waals surface area contributed by atoms with Crippen molar-refractivity contribution in [2.75, 3.05) is 13.1 Å². The van der Waals surface area contributed by atoms with Gasteiger partial charge in [-0.15, -0.1) is 0 Å². The third-order valence-electron chi connectivity index (χ3n) is 5.08. The van der Waals surface area contributed by atoms with Crippen molar-refractivity contribution >= 4 is 0 Å². The smallest absolute Gasteiger partial charge is 0.251 e. The molecule has 2 heterocycles. The molecule has 1 aromatic carbocycles. The van der Waals surface area contributed by atoms with Crippen molar-refractivity contribution in [3.8, 4) is 11.1 Å². The first-order valence-electron chi connectivity index (χ1n) is 8.10. The predicted octanol–water partition coefficient (Wildman–Crippen LogP) is 2.27. The fourth-order valence-corrected chi connectivity index (χ4v) is 3.22. The van der Waals surface area contributed by atoms with E-state index in [2.05, 4.69) is 5.32 Å². The minimum Gasteiger partial charge on any atom is -0.387 e. The lowest BCUT2D eigenvalue weighted by Crippen LogP contribution is -2.58. The maximum absolute atomic E-state index is 12.5. The summed E-state index contributed by atoms with van der Waals surface area (Å²) in [5, 5.41) is 14.4. The molecular weight excluding hydrogens is 288 g/mol. The Morgan fingerprint density at radius 3 is 2.57 bits per heavy atom. The van der Waals surface area contributed by atoms with Crippen LogP contribution in [0.2, 0.25) is 0 Å². The van der Waals surface area contributed by atoms with Crippen molar-refractivity contribution in [3.63, 3.8) is 0 Å². The zero-order chi connectivity index (χ0) is 16.5. The fraction of sp³-hybridized carbons (Fsp3) is 0.421. The number of pyridine rings is 1. The van der Waals surface area contributed by atoms with Crippen molar-refractivity contribution in [1.82, 2.24) is 9.88 Å². The van der Waals surface area contributed by atoms with E-state index in [9.17, 15) is 9.90 Å². The Hall–Kier alpha value is -1.91. The number of nitrogens with one attached hydrogen (secondary N) is 1. The number of rotatable bonds is 3. The summed E-state index contributed by atoms with van der Waals surface area (Å²) in [6, 6.07) is 13.4. The zero-order valence-electron chi connectivity index (χ0n) is 13.7. The Bertz CT molecular complexity index is 737. The monoisotopic (exact) mass is 312 g/mol. The van der Waals surface area contributed by atoms with Gasteiger partial charge in [-0.2, -0.15) is 0 Å². The molecule has 1 aliphatic heterocycles. The van der Waals surface area contributed by atoms with Crippen LogP contribution >= 0.6 is 0 Å². The van der Waals surface area contributed by atoms with E-state index in [1.165, 1.54) is 0 Å². The van der Waals surface area contributed by atoms with Gasteiger partial charge in [-0.3, -0.25) is 4.79 Å². The maximum Gasteiger partial charge on any atom is 0.251 e.